The lowest BCUT2D eigenvalue weighted by molar-refractivity contribution is -0.120. The molecular formula is C23H25ClIN3O5. The number of imidazole rings is 1. The van der Waals surface area contributed by atoms with Gasteiger partial charge in [0.05, 0.1) is 17.3 Å². The molecule has 10 heteroatoms. The summed E-state index contributed by atoms with van der Waals surface area (Å²) in [6.07, 6.45) is 0. The SMILES string of the molecule is COCCOc1ccc(-c2[nH]c(=O)n([C@H](C(=O)Nc3ccc(I)cc3Cl)C(C)C)c2O)cc1. The van der Waals surface area contributed by atoms with Crippen LogP contribution in [0, 0.1) is 9.49 Å². The normalized spacial score (nSPS) is 12.1. The fourth-order valence-corrected chi connectivity index (χ4v) is 4.28. The van der Waals surface area contributed by atoms with Gasteiger partial charge in [-0.15, -0.1) is 0 Å². The van der Waals surface area contributed by atoms with E-state index in [0.29, 0.717) is 35.2 Å². The van der Waals surface area contributed by atoms with E-state index in [9.17, 15) is 14.7 Å². The van der Waals surface area contributed by atoms with Crippen LogP contribution in [0.5, 0.6) is 11.6 Å². The van der Waals surface area contributed by atoms with Crippen molar-refractivity contribution in [3.63, 3.8) is 0 Å². The van der Waals surface area contributed by atoms with Crippen LogP contribution in [0.1, 0.15) is 19.9 Å². The number of amides is 1. The number of ether oxygens (including phenoxy) is 2. The minimum Gasteiger partial charge on any atom is -0.493 e. The average Bonchev–Trinajstić information content (AvgIpc) is 3.05. The van der Waals surface area contributed by atoms with Gasteiger partial charge in [-0.1, -0.05) is 25.4 Å². The number of hydrogen-bond donors (Lipinski definition) is 3. The number of halogens is 2. The lowest BCUT2D eigenvalue weighted by atomic mass is 10.0. The van der Waals surface area contributed by atoms with Gasteiger partial charge in [-0.05, 0) is 71.0 Å². The Bertz CT molecular complexity index is 1170. The third-order valence-corrected chi connectivity index (χ3v) is 5.95. The van der Waals surface area contributed by atoms with Crippen molar-refractivity contribution in [1.29, 1.82) is 0 Å². The van der Waals surface area contributed by atoms with Crippen LogP contribution >= 0.6 is 34.2 Å². The highest BCUT2D eigenvalue weighted by Gasteiger charge is 2.30. The quantitative estimate of drug-likeness (QED) is 0.250. The Morgan fingerprint density at radius 1 is 1.21 bits per heavy atom. The van der Waals surface area contributed by atoms with Gasteiger partial charge in [0.25, 0.3) is 0 Å². The molecule has 0 aliphatic heterocycles. The van der Waals surface area contributed by atoms with Crippen molar-refractivity contribution in [1.82, 2.24) is 9.55 Å². The highest BCUT2D eigenvalue weighted by molar-refractivity contribution is 14.1. The highest BCUT2D eigenvalue weighted by Crippen LogP contribution is 2.32. The van der Waals surface area contributed by atoms with E-state index in [1.165, 1.54) is 0 Å². The molecule has 176 valence electrons. The van der Waals surface area contributed by atoms with Crippen LogP contribution < -0.4 is 15.7 Å². The Kier molecular flexibility index (Phi) is 8.44. The smallest absolute Gasteiger partial charge is 0.329 e. The number of rotatable bonds is 9. The van der Waals surface area contributed by atoms with Crippen LogP contribution in [0.25, 0.3) is 11.3 Å². The molecule has 2 aromatic carbocycles. The molecule has 0 aliphatic rings. The predicted octanol–water partition coefficient (Wildman–Crippen LogP) is 4.67. The summed E-state index contributed by atoms with van der Waals surface area (Å²) in [7, 11) is 1.59. The van der Waals surface area contributed by atoms with E-state index in [1.807, 2.05) is 6.07 Å². The number of aromatic nitrogens is 2. The summed E-state index contributed by atoms with van der Waals surface area (Å²) in [6.45, 7) is 4.46. The minimum absolute atomic E-state index is 0.217. The van der Waals surface area contributed by atoms with E-state index in [-0.39, 0.29) is 17.5 Å². The summed E-state index contributed by atoms with van der Waals surface area (Å²) >= 11 is 8.37. The molecule has 1 atom stereocenters. The molecule has 33 heavy (non-hydrogen) atoms. The van der Waals surface area contributed by atoms with Crippen LogP contribution in [-0.2, 0) is 9.53 Å². The molecule has 0 aliphatic carbocycles. The maximum absolute atomic E-state index is 13.1. The van der Waals surface area contributed by atoms with E-state index in [1.54, 1.807) is 57.4 Å². The lowest BCUT2D eigenvalue weighted by Crippen LogP contribution is -2.35. The Morgan fingerprint density at radius 3 is 2.52 bits per heavy atom. The highest BCUT2D eigenvalue weighted by atomic mass is 127. The topological polar surface area (TPSA) is 106 Å². The van der Waals surface area contributed by atoms with Crippen molar-refractivity contribution >= 4 is 45.8 Å². The van der Waals surface area contributed by atoms with Crippen molar-refractivity contribution in [2.75, 3.05) is 25.6 Å². The summed E-state index contributed by atoms with van der Waals surface area (Å²) in [5.41, 5.74) is 0.630. The molecule has 1 amide bonds. The van der Waals surface area contributed by atoms with Crippen molar-refractivity contribution < 1.29 is 19.4 Å². The maximum atomic E-state index is 13.1. The first-order valence-electron chi connectivity index (χ1n) is 10.2. The molecule has 8 nitrogen and oxygen atoms in total. The molecule has 0 radical (unpaired) electrons. The summed E-state index contributed by atoms with van der Waals surface area (Å²) in [5, 5.41) is 14.1. The second-order valence-corrected chi connectivity index (χ2v) is 9.32. The first kappa shape index (κ1) is 25.1. The number of nitrogens with zero attached hydrogens (tertiary/aromatic N) is 1. The Hall–Kier alpha value is -2.50. The van der Waals surface area contributed by atoms with Crippen LogP contribution in [0.4, 0.5) is 5.69 Å². The first-order valence-corrected chi connectivity index (χ1v) is 11.7. The van der Waals surface area contributed by atoms with Crippen LogP contribution in [-0.4, -0.2) is 40.9 Å². The third kappa shape index (κ3) is 5.90. The van der Waals surface area contributed by atoms with Gasteiger partial charge < -0.3 is 24.9 Å². The van der Waals surface area contributed by atoms with E-state index >= 15 is 0 Å². The third-order valence-electron chi connectivity index (χ3n) is 4.97. The number of hydrogen-bond acceptors (Lipinski definition) is 5. The first-order chi connectivity index (χ1) is 15.7. The number of aromatic amines is 1. The molecule has 1 heterocycles. The van der Waals surface area contributed by atoms with E-state index in [2.05, 4.69) is 32.9 Å². The van der Waals surface area contributed by atoms with Gasteiger partial charge in [0, 0.05) is 16.2 Å². The minimum atomic E-state index is -0.963. The molecule has 3 rings (SSSR count). The number of carbonyl (C=O) groups excluding carboxylic acids is 1. The number of H-pyrrole nitrogens is 1. The Labute approximate surface area is 210 Å². The largest absolute Gasteiger partial charge is 0.493 e. The van der Waals surface area contributed by atoms with Crippen molar-refractivity contribution in [2.45, 2.75) is 19.9 Å². The Morgan fingerprint density at radius 2 is 1.91 bits per heavy atom. The van der Waals surface area contributed by atoms with Gasteiger partial charge in [-0.25, -0.2) is 9.36 Å². The number of benzene rings is 2. The second kappa shape index (κ2) is 11.1. The monoisotopic (exact) mass is 585 g/mol. The van der Waals surface area contributed by atoms with Gasteiger partial charge in [0.1, 0.15) is 24.1 Å². The fourth-order valence-electron chi connectivity index (χ4n) is 3.38. The van der Waals surface area contributed by atoms with Crippen molar-refractivity contribution in [2.24, 2.45) is 5.92 Å². The molecule has 0 saturated heterocycles. The predicted molar refractivity (Wildman–Crippen MR) is 136 cm³/mol. The molecule has 0 fully saturated rings. The van der Waals surface area contributed by atoms with E-state index in [0.717, 1.165) is 8.14 Å². The standard InChI is InChI=1S/C23H25ClIN3O5/c1-13(2)20(21(29)26-18-9-6-15(25)12-17(18)24)28-22(30)19(27-23(28)31)14-4-7-16(8-5-14)33-11-10-32-3/h4-9,12-13,20,30H,10-11H2,1-3H3,(H,26,29)(H,27,31)/t20-/m0/s1. The van der Waals surface area contributed by atoms with E-state index < -0.39 is 17.6 Å². The average molecular weight is 586 g/mol. The zero-order valence-electron chi connectivity index (χ0n) is 18.4. The van der Waals surface area contributed by atoms with Crippen LogP contribution in [0.2, 0.25) is 5.02 Å². The maximum Gasteiger partial charge on any atom is 0.329 e. The summed E-state index contributed by atoms with van der Waals surface area (Å²) in [5.74, 6) is -0.448. The summed E-state index contributed by atoms with van der Waals surface area (Å²) in [4.78, 5) is 28.6. The van der Waals surface area contributed by atoms with Gasteiger partial charge in [-0.3, -0.25) is 4.79 Å². The molecule has 3 N–H and O–H groups in total. The number of anilines is 1. The molecule has 0 bridgehead atoms. The van der Waals surface area contributed by atoms with Gasteiger partial charge in [0.2, 0.25) is 11.8 Å². The van der Waals surface area contributed by atoms with Crippen LogP contribution in [0.15, 0.2) is 47.3 Å². The van der Waals surface area contributed by atoms with Gasteiger partial charge in [-0.2, -0.15) is 0 Å². The van der Waals surface area contributed by atoms with Gasteiger partial charge in [0.15, 0.2) is 0 Å². The van der Waals surface area contributed by atoms with E-state index in [4.69, 9.17) is 21.1 Å². The molecular weight excluding hydrogens is 561 g/mol. The fraction of sp³-hybridized carbons (Fsp3) is 0.304. The number of methoxy groups -OCH3 is 1. The number of aromatic hydroxyl groups is 1. The zero-order valence-corrected chi connectivity index (χ0v) is 21.3. The number of nitrogens with one attached hydrogen (secondary N) is 2. The van der Waals surface area contributed by atoms with Crippen LogP contribution in [0.3, 0.4) is 0 Å². The molecule has 0 saturated carbocycles. The molecule has 0 spiro atoms. The summed E-state index contributed by atoms with van der Waals surface area (Å²) in [6, 6.07) is 11.2. The lowest BCUT2D eigenvalue weighted by Gasteiger charge is -2.22. The number of carbonyl (C=O) groups is 1. The van der Waals surface area contributed by atoms with Crippen molar-refractivity contribution in [3.05, 3.63) is 61.5 Å². The molecule has 1 aromatic heterocycles. The summed E-state index contributed by atoms with van der Waals surface area (Å²) < 4.78 is 12.5. The molecule has 3 aromatic rings. The van der Waals surface area contributed by atoms with Crippen molar-refractivity contribution in [3.8, 4) is 22.9 Å². The zero-order chi connectivity index (χ0) is 24.1. The molecule has 0 unspecified atom stereocenters. The van der Waals surface area contributed by atoms with Gasteiger partial charge >= 0.3 is 5.69 Å². The second-order valence-electron chi connectivity index (χ2n) is 7.67. The Balaban J connectivity index is 1.89.